The van der Waals surface area contributed by atoms with Gasteiger partial charge in [-0.05, 0) is 63.9 Å². The lowest BCUT2D eigenvalue weighted by atomic mass is 10.0. The highest BCUT2D eigenvalue weighted by atomic mass is 31.2. The molecule has 0 aromatic heterocycles. The Morgan fingerprint density at radius 1 is 0.468 bits per heavy atom. The number of carbonyl (C=O) groups is 2. The van der Waals surface area contributed by atoms with E-state index in [9.17, 15) is 19.0 Å². The molecule has 452 valence electrons. The van der Waals surface area contributed by atoms with Crippen LogP contribution >= 0.6 is 7.82 Å². The first-order chi connectivity index (χ1) is 37.4. The summed E-state index contributed by atoms with van der Waals surface area (Å²) >= 11 is 0. The van der Waals surface area contributed by atoms with Crippen LogP contribution in [-0.2, 0) is 27.9 Å². The molecule has 0 bridgehead atoms. The van der Waals surface area contributed by atoms with E-state index in [2.05, 4.69) is 62.5 Å². The van der Waals surface area contributed by atoms with E-state index < -0.39 is 26.6 Å². The average molecular weight is 1100 g/mol. The molecule has 0 aliphatic rings. The number of esters is 1. The summed E-state index contributed by atoms with van der Waals surface area (Å²) in [4.78, 5) is 40.0. The van der Waals surface area contributed by atoms with Gasteiger partial charge in [-0.15, -0.1) is 0 Å². The number of ether oxygens (including phenoxy) is 1. The van der Waals surface area contributed by atoms with Crippen LogP contribution in [0, 0.1) is 0 Å². The van der Waals surface area contributed by atoms with Crippen molar-refractivity contribution in [2.45, 2.75) is 328 Å². The molecule has 3 atom stereocenters. The smallest absolute Gasteiger partial charge is 0.306 e. The average Bonchev–Trinajstić information content (AvgIpc) is 3.39. The van der Waals surface area contributed by atoms with Crippen LogP contribution < -0.4 is 10.2 Å². The fourth-order valence-corrected chi connectivity index (χ4v) is 10.4. The summed E-state index contributed by atoms with van der Waals surface area (Å²) in [5.74, 6) is -0.555. The van der Waals surface area contributed by atoms with Crippen LogP contribution in [0.1, 0.15) is 316 Å². The van der Waals surface area contributed by atoms with Gasteiger partial charge in [-0.2, -0.15) is 0 Å². The number of nitrogens with zero attached hydrogens (tertiary/aromatic N) is 1. The van der Waals surface area contributed by atoms with Gasteiger partial charge in [-0.3, -0.25) is 14.2 Å². The van der Waals surface area contributed by atoms with Crippen molar-refractivity contribution in [3.05, 3.63) is 48.6 Å². The molecule has 0 aromatic carbocycles. The van der Waals surface area contributed by atoms with Crippen molar-refractivity contribution in [1.82, 2.24) is 5.32 Å². The van der Waals surface area contributed by atoms with Crippen molar-refractivity contribution < 1.29 is 37.3 Å². The van der Waals surface area contributed by atoms with Gasteiger partial charge in [0.15, 0.2) is 0 Å². The van der Waals surface area contributed by atoms with Crippen molar-refractivity contribution in [3.63, 3.8) is 0 Å². The Bertz CT molecular complexity index is 1460. The Kier molecular flexibility index (Phi) is 55.7. The fraction of sp³-hybridized carbons (Fsp3) is 0.851. The number of quaternary nitrogens is 1. The van der Waals surface area contributed by atoms with Gasteiger partial charge in [0, 0.05) is 12.8 Å². The second-order valence-corrected chi connectivity index (χ2v) is 25.0. The van der Waals surface area contributed by atoms with Crippen molar-refractivity contribution in [2.24, 2.45) is 0 Å². The lowest BCUT2D eigenvalue weighted by Gasteiger charge is -2.30. The molecule has 0 aliphatic heterocycles. The van der Waals surface area contributed by atoms with Crippen LogP contribution in [0.2, 0.25) is 0 Å². The topological polar surface area (TPSA) is 114 Å². The van der Waals surface area contributed by atoms with Crippen LogP contribution in [0.3, 0.4) is 0 Å². The Labute approximate surface area is 478 Å². The number of phosphoric ester groups is 1. The fourth-order valence-electron chi connectivity index (χ4n) is 9.72. The first-order valence-electron chi connectivity index (χ1n) is 32.9. The van der Waals surface area contributed by atoms with Gasteiger partial charge in [-0.25, -0.2) is 0 Å². The number of hydrogen-bond donors (Lipinski definition) is 1. The van der Waals surface area contributed by atoms with E-state index in [0.29, 0.717) is 23.9 Å². The molecule has 0 saturated carbocycles. The number of rotatable bonds is 60. The van der Waals surface area contributed by atoms with Gasteiger partial charge in [-0.1, -0.05) is 288 Å². The molecule has 0 heterocycles. The number of hydrogen-bond acceptors (Lipinski definition) is 7. The van der Waals surface area contributed by atoms with Gasteiger partial charge in [0.05, 0.1) is 33.8 Å². The maximum absolute atomic E-state index is 13.5. The monoisotopic (exact) mass is 1100 g/mol. The van der Waals surface area contributed by atoms with Crippen molar-refractivity contribution >= 4 is 19.7 Å². The molecule has 0 spiro atoms. The van der Waals surface area contributed by atoms with Crippen LogP contribution in [0.4, 0.5) is 0 Å². The molecule has 0 saturated heterocycles. The summed E-state index contributed by atoms with van der Waals surface area (Å²) in [5.41, 5.74) is 0. The standard InChI is InChI=1S/C67H127N2O7P/c1-7-10-13-16-19-22-25-28-30-31-32-33-34-35-36-37-38-39-40-42-45-48-51-54-57-60-67(71)76-65(58-55-52-49-46-43-27-24-21-18-15-12-9-3)64(63-75-77(72,73)74-62-61-69(4,5)6)68-66(70)59-56-53-50-47-44-41-29-26-23-20-17-14-11-8-2/h11,14,20,23,29,41,55,58,64-65H,7-10,12-13,15-19,21-22,24-28,30-40,42-54,56-57,59-63H2,1-6H3,(H-,68,70,72,73)/b14-11+,23-20+,41-29+,58-55-. The third kappa shape index (κ3) is 58.4. The van der Waals surface area contributed by atoms with E-state index >= 15 is 0 Å². The number of carbonyl (C=O) groups excluding carboxylic acids is 2. The van der Waals surface area contributed by atoms with Gasteiger partial charge < -0.3 is 28.5 Å². The second kappa shape index (κ2) is 57.2. The quantitative estimate of drug-likeness (QED) is 0.0212. The van der Waals surface area contributed by atoms with Gasteiger partial charge in [0.2, 0.25) is 5.91 Å². The van der Waals surface area contributed by atoms with Crippen molar-refractivity contribution in [1.29, 1.82) is 0 Å². The largest absolute Gasteiger partial charge is 0.756 e. The van der Waals surface area contributed by atoms with E-state index in [0.717, 1.165) is 83.5 Å². The molecule has 0 aromatic rings. The third-order valence-electron chi connectivity index (χ3n) is 14.8. The van der Waals surface area contributed by atoms with E-state index in [1.165, 1.54) is 193 Å². The van der Waals surface area contributed by atoms with Crippen molar-refractivity contribution in [2.75, 3.05) is 40.9 Å². The number of amides is 1. The van der Waals surface area contributed by atoms with Crippen LogP contribution in [0.5, 0.6) is 0 Å². The van der Waals surface area contributed by atoms with Crippen LogP contribution in [0.25, 0.3) is 0 Å². The number of nitrogens with one attached hydrogen (secondary N) is 1. The maximum Gasteiger partial charge on any atom is 0.306 e. The molecular formula is C67H127N2O7P. The summed E-state index contributed by atoms with van der Waals surface area (Å²) in [6.07, 6.45) is 71.0. The minimum absolute atomic E-state index is 0.0259. The molecule has 0 radical (unpaired) electrons. The molecule has 10 heteroatoms. The molecule has 1 amide bonds. The van der Waals surface area contributed by atoms with E-state index in [1.807, 2.05) is 33.3 Å². The molecule has 77 heavy (non-hydrogen) atoms. The Morgan fingerprint density at radius 2 is 0.831 bits per heavy atom. The number of likely N-dealkylation sites (N-methyl/N-ethyl adjacent to an activating group) is 1. The molecule has 1 N–H and O–H groups in total. The number of unbranched alkanes of at least 4 members (excludes halogenated alkanes) is 38. The summed E-state index contributed by atoms with van der Waals surface area (Å²) in [7, 11) is 1.18. The Hall–Kier alpha value is -2.03. The Morgan fingerprint density at radius 3 is 1.25 bits per heavy atom. The summed E-state index contributed by atoms with van der Waals surface area (Å²) < 4.78 is 30.3. The molecule has 3 unspecified atom stereocenters. The SMILES string of the molecule is CC/C=C/C/C=C/C/C=C/CCCCCCC(=O)NC(COP(=O)([O-])OCC[N+](C)(C)C)C(/C=C\CCCCCCCCCCCC)OC(=O)CCCCCCCCCCCCCCCCCCCCCCCCCCC. The van der Waals surface area contributed by atoms with Crippen LogP contribution in [-0.4, -0.2) is 69.4 Å². The zero-order chi connectivity index (χ0) is 56.4. The zero-order valence-corrected chi connectivity index (χ0v) is 52.6. The van der Waals surface area contributed by atoms with Crippen molar-refractivity contribution in [3.8, 4) is 0 Å². The van der Waals surface area contributed by atoms with Crippen LogP contribution in [0.15, 0.2) is 48.6 Å². The lowest BCUT2D eigenvalue weighted by Crippen LogP contribution is -2.47. The minimum Gasteiger partial charge on any atom is -0.756 e. The van der Waals surface area contributed by atoms with Gasteiger partial charge in [0.25, 0.3) is 7.82 Å². The van der Waals surface area contributed by atoms with E-state index in [1.54, 1.807) is 0 Å². The lowest BCUT2D eigenvalue weighted by molar-refractivity contribution is -0.870. The predicted octanol–water partition coefficient (Wildman–Crippen LogP) is 19.8. The first kappa shape index (κ1) is 75.0. The predicted molar refractivity (Wildman–Crippen MR) is 330 cm³/mol. The third-order valence-corrected chi connectivity index (χ3v) is 15.7. The Balaban J connectivity index is 5.06. The highest BCUT2D eigenvalue weighted by molar-refractivity contribution is 7.45. The second-order valence-electron chi connectivity index (χ2n) is 23.6. The zero-order valence-electron chi connectivity index (χ0n) is 51.7. The molecule has 9 nitrogen and oxygen atoms in total. The maximum atomic E-state index is 13.5. The first-order valence-corrected chi connectivity index (χ1v) is 34.4. The molecular weight excluding hydrogens is 976 g/mol. The summed E-state index contributed by atoms with van der Waals surface area (Å²) in [6.45, 7) is 6.75. The summed E-state index contributed by atoms with van der Waals surface area (Å²) in [6, 6.07) is -0.898. The van der Waals surface area contributed by atoms with E-state index in [-0.39, 0.29) is 24.9 Å². The molecule has 0 rings (SSSR count). The minimum atomic E-state index is -4.70. The van der Waals surface area contributed by atoms with Gasteiger partial charge in [0.1, 0.15) is 19.3 Å². The molecule has 0 aliphatic carbocycles. The highest BCUT2D eigenvalue weighted by Gasteiger charge is 2.27. The highest BCUT2D eigenvalue weighted by Crippen LogP contribution is 2.38. The number of allylic oxidation sites excluding steroid dienone is 7. The number of phosphoric acid groups is 1. The molecule has 0 fully saturated rings. The van der Waals surface area contributed by atoms with E-state index in [4.69, 9.17) is 13.8 Å². The van der Waals surface area contributed by atoms with Gasteiger partial charge >= 0.3 is 5.97 Å². The normalized spacial score (nSPS) is 13.9. The summed E-state index contributed by atoms with van der Waals surface area (Å²) in [5, 5.41) is 3.02.